The second kappa shape index (κ2) is 13.2. The molecule has 33 heavy (non-hydrogen) atoms. The maximum Gasteiger partial charge on any atom is 0.126 e. The first-order valence-electron chi connectivity index (χ1n) is 11.2. The van der Waals surface area contributed by atoms with Crippen LogP contribution < -0.4 is 4.74 Å². The van der Waals surface area contributed by atoms with Crippen molar-refractivity contribution in [2.75, 3.05) is 27.2 Å². The molecule has 3 rings (SSSR count). The van der Waals surface area contributed by atoms with Gasteiger partial charge in [0.2, 0.25) is 0 Å². The zero-order valence-electron chi connectivity index (χ0n) is 20.3. The summed E-state index contributed by atoms with van der Waals surface area (Å²) in [5.41, 5.74) is 5.89. The number of ether oxygens (including phenoxy) is 1. The van der Waals surface area contributed by atoms with Gasteiger partial charge >= 0.3 is 0 Å². The van der Waals surface area contributed by atoms with Crippen molar-refractivity contribution < 1.29 is 14.6 Å². The van der Waals surface area contributed by atoms with Crippen molar-refractivity contribution in [1.29, 1.82) is 0 Å². The van der Waals surface area contributed by atoms with Gasteiger partial charge in [0.05, 0.1) is 0 Å². The van der Waals surface area contributed by atoms with Gasteiger partial charge in [-0.1, -0.05) is 61.5 Å². The summed E-state index contributed by atoms with van der Waals surface area (Å²) in [5.74, 6) is 1.31. The van der Waals surface area contributed by atoms with Crippen LogP contribution in [0.3, 0.4) is 0 Å². The largest absolute Gasteiger partial charge is 0.508 e. The highest BCUT2D eigenvalue weighted by Crippen LogP contribution is 2.35. The number of rotatable bonds is 8. The number of carbonyl (C=O) groups is 1. The number of carbonyl (C=O) groups excluding carboxylic acids is 1. The van der Waals surface area contributed by atoms with Gasteiger partial charge < -0.3 is 19.5 Å². The Hall–Kier alpha value is -3.37. The number of allylic oxidation sites excluding steroid dienone is 1. The second-order valence-corrected chi connectivity index (χ2v) is 8.20. The lowest BCUT2D eigenvalue weighted by atomic mass is 9.88. The number of benzene rings is 3. The Morgan fingerprint density at radius 1 is 0.818 bits per heavy atom. The number of nitrogens with zero attached hydrogens (tertiary/aromatic N) is 1. The van der Waals surface area contributed by atoms with Crippen LogP contribution in [0, 0.1) is 0 Å². The molecule has 0 heterocycles. The molecule has 174 valence electrons. The van der Waals surface area contributed by atoms with Gasteiger partial charge in [0.1, 0.15) is 23.9 Å². The first-order valence-corrected chi connectivity index (χ1v) is 11.2. The van der Waals surface area contributed by atoms with E-state index in [9.17, 15) is 9.90 Å². The fourth-order valence-corrected chi connectivity index (χ4v) is 3.37. The molecule has 0 atom stereocenters. The van der Waals surface area contributed by atoms with Crippen LogP contribution in [0.25, 0.3) is 11.1 Å². The molecule has 3 aromatic rings. The summed E-state index contributed by atoms with van der Waals surface area (Å²) in [6, 6.07) is 26.2. The van der Waals surface area contributed by atoms with Gasteiger partial charge in [-0.3, -0.25) is 0 Å². The second-order valence-electron chi connectivity index (χ2n) is 8.20. The quantitative estimate of drug-likeness (QED) is 0.414. The van der Waals surface area contributed by atoms with E-state index < -0.39 is 0 Å². The lowest BCUT2D eigenvalue weighted by molar-refractivity contribution is -0.114. The fourth-order valence-electron chi connectivity index (χ4n) is 3.37. The van der Waals surface area contributed by atoms with E-state index in [1.807, 2.05) is 44.4 Å². The van der Waals surface area contributed by atoms with Crippen molar-refractivity contribution in [3.63, 3.8) is 0 Å². The van der Waals surface area contributed by atoms with Crippen LogP contribution in [0.1, 0.15) is 43.9 Å². The van der Waals surface area contributed by atoms with E-state index >= 15 is 0 Å². The first-order chi connectivity index (χ1) is 15.8. The number of likely N-dealkylation sites (N-methyl/N-ethyl adjacent to an activating group) is 1. The minimum Gasteiger partial charge on any atom is -0.508 e. The van der Waals surface area contributed by atoms with Crippen LogP contribution in [-0.2, 0) is 4.79 Å². The number of hydrogen-bond donors (Lipinski definition) is 1. The van der Waals surface area contributed by atoms with Crippen molar-refractivity contribution in [1.82, 2.24) is 4.90 Å². The molecule has 0 radical (unpaired) electrons. The predicted molar refractivity (Wildman–Crippen MR) is 138 cm³/mol. The molecule has 0 fully saturated rings. The molecule has 0 aliphatic carbocycles. The highest BCUT2D eigenvalue weighted by Gasteiger charge is 2.13. The van der Waals surface area contributed by atoms with Crippen molar-refractivity contribution >= 4 is 16.9 Å². The number of hydrogen-bond acceptors (Lipinski definition) is 4. The summed E-state index contributed by atoms with van der Waals surface area (Å²) in [6.45, 7) is 6.78. The Kier molecular flexibility index (Phi) is 10.4. The average molecular weight is 446 g/mol. The van der Waals surface area contributed by atoms with Gasteiger partial charge in [0.25, 0.3) is 0 Å². The van der Waals surface area contributed by atoms with Crippen molar-refractivity contribution in [3.05, 3.63) is 95.6 Å². The van der Waals surface area contributed by atoms with Crippen molar-refractivity contribution in [2.24, 2.45) is 0 Å². The van der Waals surface area contributed by atoms with Gasteiger partial charge in [0.15, 0.2) is 0 Å². The van der Waals surface area contributed by atoms with Crippen LogP contribution in [0.15, 0.2) is 78.9 Å². The molecule has 0 unspecified atom stereocenters. The Bertz CT molecular complexity index is 1020. The molecule has 0 spiro atoms. The minimum atomic E-state index is 0.167. The lowest BCUT2D eigenvalue weighted by Crippen LogP contribution is -2.19. The third-order valence-corrected chi connectivity index (χ3v) is 4.88. The number of Topliss-reactive ketones (excluding diaryl/α,β-unsaturated/α-hetero) is 1. The maximum absolute atomic E-state index is 9.74. The minimum absolute atomic E-state index is 0.167. The lowest BCUT2D eigenvalue weighted by Gasteiger charge is -2.17. The third-order valence-electron chi connectivity index (χ3n) is 4.88. The normalized spacial score (nSPS) is 11.3. The van der Waals surface area contributed by atoms with E-state index in [4.69, 9.17) is 4.74 Å². The van der Waals surface area contributed by atoms with Crippen molar-refractivity contribution in [2.45, 2.75) is 27.2 Å². The Labute approximate surface area is 198 Å². The molecule has 0 bridgehead atoms. The maximum atomic E-state index is 9.74. The van der Waals surface area contributed by atoms with Crippen LogP contribution >= 0.6 is 0 Å². The van der Waals surface area contributed by atoms with Crippen LogP contribution in [-0.4, -0.2) is 43.0 Å². The number of aromatic hydroxyl groups is 1. The molecular weight excluding hydrogens is 410 g/mol. The van der Waals surface area contributed by atoms with Crippen LogP contribution in [0.2, 0.25) is 0 Å². The van der Waals surface area contributed by atoms with E-state index in [-0.39, 0.29) is 11.5 Å². The van der Waals surface area contributed by atoms with Gasteiger partial charge in [-0.25, -0.2) is 0 Å². The van der Waals surface area contributed by atoms with E-state index in [1.54, 1.807) is 12.1 Å². The van der Waals surface area contributed by atoms with Crippen LogP contribution in [0.5, 0.6) is 11.5 Å². The predicted octanol–water partition coefficient (Wildman–Crippen LogP) is 6.30. The molecule has 4 nitrogen and oxygen atoms in total. The van der Waals surface area contributed by atoms with E-state index in [0.29, 0.717) is 6.61 Å². The summed E-state index contributed by atoms with van der Waals surface area (Å²) in [4.78, 5) is 11.5. The van der Waals surface area contributed by atoms with Crippen LogP contribution in [0.4, 0.5) is 0 Å². The van der Waals surface area contributed by atoms with E-state index in [0.717, 1.165) is 29.8 Å². The summed E-state index contributed by atoms with van der Waals surface area (Å²) < 4.78 is 5.85. The summed E-state index contributed by atoms with van der Waals surface area (Å²) in [7, 11) is 4.08. The standard InChI is InChI=1S/C26H29NO2.C3H6O/c1-4-25(20-8-6-5-7-9-20)26(21-10-14-23(28)15-11-21)22-12-16-24(17-13-22)29-19-18-27(2)3;1-3(2)4/h5-17,28H,4,18-19H2,1-3H3;1-2H3/b26-25-;. The molecule has 0 aliphatic rings. The highest BCUT2D eigenvalue weighted by molar-refractivity contribution is 5.98. The van der Waals surface area contributed by atoms with E-state index in [2.05, 4.69) is 48.2 Å². The number of phenolic OH excluding ortho intramolecular Hbond substituents is 1. The smallest absolute Gasteiger partial charge is 0.126 e. The molecule has 0 saturated heterocycles. The van der Waals surface area contributed by atoms with E-state index in [1.165, 1.54) is 30.6 Å². The van der Waals surface area contributed by atoms with Gasteiger partial charge in [-0.15, -0.1) is 0 Å². The molecule has 1 N–H and O–H groups in total. The number of phenols is 1. The SMILES string of the molecule is CC(C)=O.CC/C(=C(\c1ccc(O)cc1)c1ccc(OCCN(C)C)cc1)c1ccccc1. The van der Waals surface area contributed by atoms with Gasteiger partial charge in [-0.2, -0.15) is 0 Å². The zero-order chi connectivity index (χ0) is 24.2. The summed E-state index contributed by atoms with van der Waals surface area (Å²) in [5, 5.41) is 9.74. The molecular formula is C29H35NO3. The summed E-state index contributed by atoms with van der Waals surface area (Å²) in [6.07, 6.45) is 0.904. The van der Waals surface area contributed by atoms with Crippen molar-refractivity contribution in [3.8, 4) is 11.5 Å². The topological polar surface area (TPSA) is 49.8 Å². The average Bonchev–Trinajstić information content (AvgIpc) is 2.79. The molecule has 4 heteroatoms. The van der Waals surface area contributed by atoms with Gasteiger partial charge in [0, 0.05) is 6.54 Å². The zero-order valence-corrected chi connectivity index (χ0v) is 20.3. The number of ketones is 1. The first kappa shape index (κ1) is 25.9. The highest BCUT2D eigenvalue weighted by atomic mass is 16.5. The molecule has 0 amide bonds. The van der Waals surface area contributed by atoms with Gasteiger partial charge in [-0.05, 0) is 86.5 Å². The Morgan fingerprint density at radius 2 is 1.33 bits per heavy atom. The summed E-state index contributed by atoms with van der Waals surface area (Å²) >= 11 is 0. The molecule has 0 saturated carbocycles. The Morgan fingerprint density at radius 3 is 1.82 bits per heavy atom. The molecule has 3 aromatic carbocycles. The molecule has 0 aromatic heterocycles. The molecule has 0 aliphatic heterocycles. The monoisotopic (exact) mass is 445 g/mol. The fraction of sp³-hybridized carbons (Fsp3) is 0.276. The third kappa shape index (κ3) is 8.59. The Balaban J connectivity index is 0.000000890.